The van der Waals surface area contributed by atoms with Crippen molar-refractivity contribution >= 4 is 0 Å². The van der Waals surface area contributed by atoms with Gasteiger partial charge in [-0.25, -0.2) is 0 Å². The number of aryl methyl sites for hydroxylation is 2. The molecule has 238 valence electrons. The summed E-state index contributed by atoms with van der Waals surface area (Å²) in [5, 5.41) is 0. The predicted molar refractivity (Wildman–Crippen MR) is 177 cm³/mol. The SMILES string of the molecule is [CH2-][C+]1CCC(OCCCCCCOCCCCOC2CCC(c3cc(C)c(C4CCC(CC)CC4)c(C)c3)CC2)CC1. The van der Waals surface area contributed by atoms with Crippen LogP contribution in [0, 0.1) is 32.6 Å². The first-order chi connectivity index (χ1) is 20.5. The van der Waals surface area contributed by atoms with Crippen LogP contribution >= 0.6 is 0 Å². The first-order valence-electron chi connectivity index (χ1n) is 18.1. The molecule has 3 nitrogen and oxygen atoms in total. The Balaban J connectivity index is 0.983. The average Bonchev–Trinajstić information content (AvgIpc) is 3.00. The highest BCUT2D eigenvalue weighted by atomic mass is 16.5. The van der Waals surface area contributed by atoms with E-state index in [1.54, 1.807) is 22.3 Å². The van der Waals surface area contributed by atoms with Crippen molar-refractivity contribution in [3.05, 3.63) is 47.2 Å². The Labute approximate surface area is 260 Å². The quantitative estimate of drug-likeness (QED) is 0.135. The maximum absolute atomic E-state index is 6.29. The van der Waals surface area contributed by atoms with Crippen LogP contribution in [0.4, 0.5) is 0 Å². The summed E-state index contributed by atoms with van der Waals surface area (Å²) in [4.78, 5) is 0. The Hall–Kier alpha value is -1.03. The van der Waals surface area contributed by atoms with Gasteiger partial charge in [0.15, 0.2) is 0 Å². The van der Waals surface area contributed by atoms with E-state index in [1.165, 1.54) is 102 Å². The molecule has 0 aliphatic heterocycles. The predicted octanol–water partition coefficient (Wildman–Crippen LogP) is 10.8. The van der Waals surface area contributed by atoms with Crippen molar-refractivity contribution < 1.29 is 14.2 Å². The molecule has 0 heterocycles. The van der Waals surface area contributed by atoms with Crippen molar-refractivity contribution in [3.8, 4) is 0 Å². The standard InChI is InChI=1S/C39H64O3/c1-5-33-14-16-35(17-15-33)39-31(3)28-36(29-32(39)4)34-18-22-38(23-19-34)42-27-11-10-25-40-24-8-6-7-9-26-41-37-20-12-30(2)13-21-37/h28-29,33-35,37-38H,2,5-27H2,1,3-4H3. The molecule has 3 heteroatoms. The van der Waals surface area contributed by atoms with E-state index in [0.717, 1.165) is 63.9 Å². The molecule has 0 radical (unpaired) electrons. The smallest absolute Gasteiger partial charge is 0.0654 e. The molecule has 0 spiro atoms. The van der Waals surface area contributed by atoms with Crippen LogP contribution in [0.5, 0.6) is 0 Å². The van der Waals surface area contributed by atoms with Gasteiger partial charge < -0.3 is 14.2 Å². The van der Waals surface area contributed by atoms with Crippen LogP contribution in [0.15, 0.2) is 12.1 Å². The summed E-state index contributed by atoms with van der Waals surface area (Å²) in [7, 11) is 0. The maximum atomic E-state index is 6.29. The minimum absolute atomic E-state index is 0.457. The minimum Gasteiger partial charge on any atom is -0.381 e. The molecule has 3 saturated carbocycles. The van der Waals surface area contributed by atoms with Gasteiger partial charge in [0.2, 0.25) is 0 Å². The molecule has 42 heavy (non-hydrogen) atoms. The molecule has 0 saturated heterocycles. The number of unbranched alkanes of at least 4 members (excludes halogenated alkanes) is 4. The molecule has 1 aromatic carbocycles. The van der Waals surface area contributed by atoms with E-state index in [-0.39, 0.29) is 0 Å². The fourth-order valence-electron chi connectivity index (χ4n) is 8.04. The lowest BCUT2D eigenvalue weighted by Crippen LogP contribution is -2.22. The van der Waals surface area contributed by atoms with Crippen LogP contribution in [-0.2, 0) is 14.2 Å². The van der Waals surface area contributed by atoms with Gasteiger partial charge in [-0.05, 0) is 131 Å². The second-order valence-electron chi connectivity index (χ2n) is 14.1. The average molecular weight is 581 g/mol. The van der Waals surface area contributed by atoms with Crippen molar-refractivity contribution in [1.29, 1.82) is 0 Å². The number of ether oxygens (including phenoxy) is 3. The van der Waals surface area contributed by atoms with Crippen LogP contribution in [0.25, 0.3) is 0 Å². The summed E-state index contributed by atoms with van der Waals surface area (Å²) in [5.74, 6) is 3.88. The monoisotopic (exact) mass is 580 g/mol. The summed E-state index contributed by atoms with van der Waals surface area (Å²) in [6.45, 7) is 14.8. The van der Waals surface area contributed by atoms with Gasteiger partial charge in [-0.2, -0.15) is 0 Å². The molecule has 0 N–H and O–H groups in total. The zero-order valence-electron chi connectivity index (χ0n) is 27.7. The summed E-state index contributed by atoms with van der Waals surface area (Å²) in [6.07, 6.45) is 24.7. The van der Waals surface area contributed by atoms with Crippen molar-refractivity contribution in [1.82, 2.24) is 0 Å². The van der Waals surface area contributed by atoms with Crippen LogP contribution in [0.2, 0.25) is 0 Å². The summed E-state index contributed by atoms with van der Waals surface area (Å²) < 4.78 is 18.2. The Bertz CT molecular complexity index is 833. The molecule has 0 amide bonds. The Kier molecular flexibility index (Phi) is 15.1. The molecular weight excluding hydrogens is 516 g/mol. The largest absolute Gasteiger partial charge is 0.381 e. The van der Waals surface area contributed by atoms with Crippen molar-refractivity contribution in [2.75, 3.05) is 26.4 Å². The molecule has 0 unspecified atom stereocenters. The highest BCUT2D eigenvalue weighted by molar-refractivity contribution is 5.42. The minimum atomic E-state index is 0.457. The van der Waals surface area contributed by atoms with E-state index in [2.05, 4.69) is 39.8 Å². The van der Waals surface area contributed by atoms with Gasteiger partial charge in [-0.15, -0.1) is 6.92 Å². The zero-order valence-corrected chi connectivity index (χ0v) is 27.7. The third-order valence-corrected chi connectivity index (χ3v) is 10.8. The van der Waals surface area contributed by atoms with Gasteiger partial charge >= 0.3 is 0 Å². The topological polar surface area (TPSA) is 27.7 Å². The van der Waals surface area contributed by atoms with Gasteiger partial charge in [0.05, 0.1) is 25.0 Å². The van der Waals surface area contributed by atoms with Gasteiger partial charge in [0.1, 0.15) is 0 Å². The lowest BCUT2D eigenvalue weighted by atomic mass is 9.74. The Morgan fingerprint density at radius 1 is 0.643 bits per heavy atom. The van der Waals surface area contributed by atoms with Crippen molar-refractivity contribution in [3.63, 3.8) is 0 Å². The summed E-state index contributed by atoms with van der Waals surface area (Å²) >= 11 is 0. The molecule has 3 fully saturated rings. The highest BCUT2D eigenvalue weighted by Gasteiger charge is 2.27. The van der Waals surface area contributed by atoms with E-state index < -0.39 is 0 Å². The first-order valence-corrected chi connectivity index (χ1v) is 18.1. The molecular formula is C39H64O3. The Morgan fingerprint density at radius 3 is 1.74 bits per heavy atom. The molecule has 4 rings (SSSR count). The van der Waals surface area contributed by atoms with Gasteiger partial charge in [0.25, 0.3) is 0 Å². The molecule has 3 aliphatic carbocycles. The highest BCUT2D eigenvalue weighted by Crippen LogP contribution is 2.42. The molecule has 3 aliphatic rings. The summed E-state index contributed by atoms with van der Waals surface area (Å²) in [6, 6.07) is 5.09. The molecule has 0 bridgehead atoms. The second-order valence-corrected chi connectivity index (χ2v) is 14.1. The van der Waals surface area contributed by atoms with Gasteiger partial charge in [-0.1, -0.05) is 44.2 Å². The molecule has 1 aromatic rings. The van der Waals surface area contributed by atoms with E-state index in [1.807, 2.05) is 0 Å². The van der Waals surface area contributed by atoms with Crippen molar-refractivity contribution in [2.24, 2.45) is 5.92 Å². The van der Waals surface area contributed by atoms with E-state index in [4.69, 9.17) is 14.2 Å². The van der Waals surface area contributed by atoms with Crippen LogP contribution in [0.1, 0.15) is 163 Å². The number of benzene rings is 1. The fraction of sp³-hybridized carbons (Fsp3) is 0.795. The van der Waals surface area contributed by atoms with E-state index in [9.17, 15) is 0 Å². The zero-order chi connectivity index (χ0) is 29.6. The first kappa shape index (κ1) is 33.9. The maximum Gasteiger partial charge on any atom is 0.0654 e. The number of hydrogen-bond acceptors (Lipinski definition) is 3. The molecule has 0 atom stereocenters. The third kappa shape index (κ3) is 11.2. The van der Waals surface area contributed by atoms with E-state index in [0.29, 0.717) is 18.1 Å². The number of rotatable bonds is 17. The summed E-state index contributed by atoms with van der Waals surface area (Å²) in [5.41, 5.74) is 6.37. The number of hydrogen-bond donors (Lipinski definition) is 0. The van der Waals surface area contributed by atoms with E-state index >= 15 is 0 Å². The molecule has 0 aromatic heterocycles. The van der Waals surface area contributed by atoms with Gasteiger partial charge in [-0.3, -0.25) is 0 Å². The van der Waals surface area contributed by atoms with Crippen molar-refractivity contribution in [2.45, 2.75) is 167 Å². The lowest BCUT2D eigenvalue weighted by Gasteiger charge is -2.32. The van der Waals surface area contributed by atoms with Crippen LogP contribution < -0.4 is 0 Å². The fourth-order valence-corrected chi connectivity index (χ4v) is 8.04. The lowest BCUT2D eigenvalue weighted by molar-refractivity contribution is 0.0190. The van der Waals surface area contributed by atoms with Crippen LogP contribution in [0.3, 0.4) is 0 Å². The normalized spacial score (nSPS) is 25.7. The van der Waals surface area contributed by atoms with Gasteiger partial charge in [0, 0.05) is 39.3 Å². The Morgan fingerprint density at radius 2 is 1.14 bits per heavy atom. The third-order valence-electron chi connectivity index (χ3n) is 10.8. The second kappa shape index (κ2) is 18.7. The van der Waals surface area contributed by atoms with Crippen LogP contribution in [-0.4, -0.2) is 38.6 Å².